The van der Waals surface area contributed by atoms with Crippen LogP contribution in [-0.4, -0.2) is 41.9 Å². The lowest BCUT2D eigenvalue weighted by Crippen LogP contribution is -2.47. The van der Waals surface area contributed by atoms with Gasteiger partial charge in [0.25, 0.3) is 0 Å². The quantitative estimate of drug-likeness (QED) is 0.843. The summed E-state index contributed by atoms with van der Waals surface area (Å²) in [6.45, 7) is 7.95. The minimum atomic E-state index is -2.96. The number of hydrogen-bond acceptors (Lipinski definition) is 4. The van der Waals surface area contributed by atoms with Crippen LogP contribution in [0.4, 0.5) is 0 Å². The Bertz CT molecular complexity index is 397. The molecule has 1 fully saturated rings. The predicted octanol–water partition coefficient (Wildman–Crippen LogP) is 1.21. The van der Waals surface area contributed by atoms with E-state index in [1.165, 1.54) is 0 Å². The summed E-state index contributed by atoms with van der Waals surface area (Å²) in [5, 5.41) is 2.84. The van der Waals surface area contributed by atoms with E-state index in [2.05, 4.69) is 5.32 Å². The highest BCUT2D eigenvalue weighted by molar-refractivity contribution is 8.01. The van der Waals surface area contributed by atoms with E-state index in [1.54, 1.807) is 18.7 Å². The average molecular weight is 279 g/mol. The highest BCUT2D eigenvalue weighted by Gasteiger charge is 2.39. The molecule has 0 aromatic carbocycles. The van der Waals surface area contributed by atoms with Gasteiger partial charge in [0.2, 0.25) is 5.91 Å². The number of sulfone groups is 1. The summed E-state index contributed by atoms with van der Waals surface area (Å²) >= 11 is 1.56. The molecule has 1 amide bonds. The van der Waals surface area contributed by atoms with Crippen molar-refractivity contribution < 1.29 is 13.2 Å². The van der Waals surface area contributed by atoms with Gasteiger partial charge < -0.3 is 5.32 Å². The highest BCUT2D eigenvalue weighted by atomic mass is 32.2. The van der Waals surface area contributed by atoms with E-state index in [4.69, 9.17) is 0 Å². The first-order valence-electron chi connectivity index (χ1n) is 5.67. The van der Waals surface area contributed by atoms with Crippen LogP contribution in [0.25, 0.3) is 0 Å². The molecule has 1 unspecified atom stereocenters. The molecule has 0 radical (unpaired) electrons. The Balaban J connectivity index is 2.47. The lowest BCUT2D eigenvalue weighted by molar-refractivity contribution is -0.120. The second-order valence-corrected chi connectivity index (χ2v) is 9.84. The number of carbonyl (C=O) groups is 1. The van der Waals surface area contributed by atoms with Crippen LogP contribution in [0, 0.1) is 0 Å². The molecule has 1 aliphatic heterocycles. The fourth-order valence-corrected chi connectivity index (χ4v) is 4.49. The van der Waals surface area contributed by atoms with Gasteiger partial charge in [0.05, 0.1) is 22.8 Å². The Morgan fingerprint density at radius 3 is 2.41 bits per heavy atom. The average Bonchev–Trinajstić information content (AvgIpc) is 2.36. The van der Waals surface area contributed by atoms with E-state index in [0.29, 0.717) is 12.2 Å². The Hall–Kier alpha value is -0.230. The normalized spacial score (nSPS) is 28.0. The smallest absolute Gasteiger partial charge is 0.230 e. The zero-order chi connectivity index (χ0) is 13.3. The van der Waals surface area contributed by atoms with Crippen LogP contribution < -0.4 is 5.32 Å². The molecular weight excluding hydrogens is 258 g/mol. The van der Waals surface area contributed by atoms with Gasteiger partial charge in [-0.3, -0.25) is 4.79 Å². The maximum absolute atomic E-state index is 11.7. The van der Waals surface area contributed by atoms with E-state index in [0.717, 1.165) is 0 Å². The Kier molecular flexibility index (Phi) is 4.19. The molecule has 4 nitrogen and oxygen atoms in total. The van der Waals surface area contributed by atoms with Gasteiger partial charge in [-0.25, -0.2) is 8.42 Å². The van der Waals surface area contributed by atoms with E-state index < -0.39 is 15.4 Å². The minimum Gasteiger partial charge on any atom is -0.349 e. The van der Waals surface area contributed by atoms with E-state index in [9.17, 15) is 13.2 Å². The Labute approximate surface area is 108 Å². The van der Waals surface area contributed by atoms with Crippen molar-refractivity contribution in [2.24, 2.45) is 0 Å². The third-order valence-electron chi connectivity index (χ3n) is 2.58. The van der Waals surface area contributed by atoms with Crippen LogP contribution >= 0.6 is 11.8 Å². The fourth-order valence-electron chi connectivity index (χ4n) is 1.76. The van der Waals surface area contributed by atoms with Crippen LogP contribution in [-0.2, 0) is 14.6 Å². The van der Waals surface area contributed by atoms with Gasteiger partial charge >= 0.3 is 0 Å². The molecule has 0 saturated carbocycles. The third kappa shape index (κ3) is 5.29. The second kappa shape index (κ2) is 4.80. The van der Waals surface area contributed by atoms with Crippen molar-refractivity contribution >= 4 is 27.5 Å². The van der Waals surface area contributed by atoms with Gasteiger partial charge in [-0.05, 0) is 13.3 Å². The maximum Gasteiger partial charge on any atom is 0.230 e. The number of thioether (sulfide) groups is 1. The van der Waals surface area contributed by atoms with Crippen molar-refractivity contribution in [3.8, 4) is 0 Å². The molecule has 0 aromatic rings. The van der Waals surface area contributed by atoms with Crippen LogP contribution in [0.5, 0.6) is 0 Å². The van der Waals surface area contributed by atoms with Gasteiger partial charge in [0, 0.05) is 4.75 Å². The molecule has 17 heavy (non-hydrogen) atoms. The largest absolute Gasteiger partial charge is 0.349 e. The number of hydrogen-bond donors (Lipinski definition) is 1. The van der Waals surface area contributed by atoms with E-state index >= 15 is 0 Å². The zero-order valence-corrected chi connectivity index (χ0v) is 12.5. The first-order valence-corrected chi connectivity index (χ1v) is 8.48. The van der Waals surface area contributed by atoms with Crippen molar-refractivity contribution in [3.63, 3.8) is 0 Å². The molecule has 1 aliphatic rings. The molecule has 0 spiro atoms. The summed E-state index contributed by atoms with van der Waals surface area (Å²) in [4.78, 5) is 11.7. The predicted molar refractivity (Wildman–Crippen MR) is 72.0 cm³/mol. The van der Waals surface area contributed by atoms with Crippen molar-refractivity contribution in [2.45, 2.75) is 44.4 Å². The third-order valence-corrected chi connectivity index (χ3v) is 5.76. The monoisotopic (exact) mass is 279 g/mol. The maximum atomic E-state index is 11.7. The number of nitrogens with one attached hydrogen (secondary N) is 1. The number of carbonyl (C=O) groups excluding carboxylic acids is 1. The van der Waals surface area contributed by atoms with E-state index in [1.807, 2.05) is 20.8 Å². The highest BCUT2D eigenvalue weighted by Crippen LogP contribution is 2.25. The molecule has 1 N–H and O–H groups in total. The Morgan fingerprint density at radius 1 is 1.41 bits per heavy atom. The van der Waals surface area contributed by atoms with Crippen molar-refractivity contribution in [3.05, 3.63) is 0 Å². The number of rotatable bonds is 3. The van der Waals surface area contributed by atoms with Gasteiger partial charge in [0.1, 0.15) is 0 Å². The SMILES string of the molecule is CC1(NC(=O)CSC(C)(C)C)CCS(=O)(=O)C1. The lowest BCUT2D eigenvalue weighted by Gasteiger charge is -2.25. The molecule has 1 saturated heterocycles. The minimum absolute atomic E-state index is 0.0417. The van der Waals surface area contributed by atoms with Gasteiger partial charge in [0.15, 0.2) is 9.84 Å². The molecular formula is C11H21NO3S2. The molecule has 1 atom stereocenters. The molecule has 0 aromatic heterocycles. The van der Waals surface area contributed by atoms with Gasteiger partial charge in [-0.2, -0.15) is 0 Å². The molecule has 0 bridgehead atoms. The summed E-state index contributed by atoms with van der Waals surface area (Å²) in [7, 11) is -2.96. The summed E-state index contributed by atoms with van der Waals surface area (Å²) in [6.07, 6.45) is 0.515. The summed E-state index contributed by atoms with van der Waals surface area (Å²) in [5.74, 6) is 0.533. The number of amides is 1. The van der Waals surface area contributed by atoms with Gasteiger partial charge in [-0.1, -0.05) is 20.8 Å². The summed E-state index contributed by atoms with van der Waals surface area (Å²) in [6, 6.07) is 0. The first kappa shape index (κ1) is 14.8. The van der Waals surface area contributed by atoms with Crippen molar-refractivity contribution in [2.75, 3.05) is 17.3 Å². The summed E-state index contributed by atoms with van der Waals surface area (Å²) in [5.41, 5.74) is -0.575. The molecule has 0 aliphatic carbocycles. The van der Waals surface area contributed by atoms with Crippen LogP contribution in [0.15, 0.2) is 0 Å². The molecule has 1 rings (SSSR count). The fraction of sp³-hybridized carbons (Fsp3) is 0.909. The topological polar surface area (TPSA) is 63.2 Å². The zero-order valence-electron chi connectivity index (χ0n) is 10.9. The lowest BCUT2D eigenvalue weighted by atomic mass is 10.0. The molecule has 6 heteroatoms. The van der Waals surface area contributed by atoms with Crippen molar-refractivity contribution in [1.29, 1.82) is 0 Å². The standard InChI is InChI=1S/C11H21NO3S2/c1-10(2,3)16-7-9(13)12-11(4)5-6-17(14,15)8-11/h5-8H2,1-4H3,(H,12,13). The summed E-state index contributed by atoms with van der Waals surface area (Å²) < 4.78 is 22.8. The van der Waals surface area contributed by atoms with Crippen LogP contribution in [0.1, 0.15) is 34.1 Å². The first-order chi connectivity index (χ1) is 7.52. The van der Waals surface area contributed by atoms with Crippen LogP contribution in [0.2, 0.25) is 0 Å². The second-order valence-electron chi connectivity index (χ2n) is 5.85. The Morgan fingerprint density at radius 2 is 2.00 bits per heavy atom. The van der Waals surface area contributed by atoms with Crippen LogP contribution in [0.3, 0.4) is 0 Å². The van der Waals surface area contributed by atoms with E-state index in [-0.39, 0.29) is 22.2 Å². The molecule has 100 valence electrons. The van der Waals surface area contributed by atoms with Gasteiger partial charge in [-0.15, -0.1) is 11.8 Å². The van der Waals surface area contributed by atoms with Crippen molar-refractivity contribution in [1.82, 2.24) is 5.32 Å². The molecule has 1 heterocycles.